The quantitative estimate of drug-likeness (QED) is 0.725. The Kier molecular flexibility index (Phi) is 4.14. The predicted molar refractivity (Wildman–Crippen MR) is 85.6 cm³/mol. The van der Waals surface area contributed by atoms with Gasteiger partial charge in [0.2, 0.25) is 0 Å². The Hall–Kier alpha value is -1.65. The van der Waals surface area contributed by atoms with Crippen molar-refractivity contribution in [3.63, 3.8) is 0 Å². The van der Waals surface area contributed by atoms with Gasteiger partial charge in [0.1, 0.15) is 0 Å². The van der Waals surface area contributed by atoms with E-state index >= 15 is 0 Å². The molecule has 3 rings (SSSR count). The molecule has 0 aliphatic carbocycles. The Bertz CT molecular complexity index is 691. The average Bonchev–Trinajstić information content (AvgIpc) is 2.87. The zero-order chi connectivity index (χ0) is 13.8. The van der Waals surface area contributed by atoms with Gasteiger partial charge in [-0.05, 0) is 35.2 Å². The third kappa shape index (κ3) is 3.08. The molecule has 0 fully saturated rings. The molecular weight excluding hydrogens is 314 g/mol. The number of nitrogens with one attached hydrogen (secondary N) is 1. The number of halogens is 1. The van der Waals surface area contributed by atoms with Crippen LogP contribution in [-0.4, -0.2) is 16.1 Å². The lowest BCUT2D eigenvalue weighted by Crippen LogP contribution is -2.19. The molecule has 1 aromatic carbocycles. The minimum absolute atomic E-state index is 0.858. The molecule has 0 saturated heterocycles. The molecular formula is C16H16BrN3. The monoisotopic (exact) mass is 329 g/mol. The molecule has 0 aliphatic heterocycles. The van der Waals surface area contributed by atoms with Gasteiger partial charge in [-0.25, -0.2) is 0 Å². The van der Waals surface area contributed by atoms with Crippen molar-refractivity contribution >= 4 is 26.8 Å². The fourth-order valence-electron chi connectivity index (χ4n) is 2.29. The summed E-state index contributed by atoms with van der Waals surface area (Å²) in [5.41, 5.74) is 2.48. The van der Waals surface area contributed by atoms with Crippen molar-refractivity contribution in [3.8, 4) is 0 Å². The van der Waals surface area contributed by atoms with E-state index in [0.717, 1.165) is 24.1 Å². The molecule has 3 nitrogen and oxygen atoms in total. The van der Waals surface area contributed by atoms with Crippen LogP contribution < -0.4 is 5.32 Å². The van der Waals surface area contributed by atoms with Crippen molar-refractivity contribution in [2.75, 3.05) is 6.54 Å². The lowest BCUT2D eigenvalue weighted by molar-refractivity contribution is 0.608. The highest BCUT2D eigenvalue weighted by Gasteiger charge is 2.01. The average molecular weight is 330 g/mol. The maximum absolute atomic E-state index is 4.11. The van der Waals surface area contributed by atoms with E-state index in [0.29, 0.717) is 0 Å². The standard InChI is InChI=1S/C16H16BrN3/c17-15-4-3-14-5-8-20(16(14)10-15)9-7-19-12-13-2-1-6-18-11-13/h1-6,8,10-11,19H,7,9,12H2. The van der Waals surface area contributed by atoms with E-state index in [2.05, 4.69) is 67.3 Å². The first kappa shape index (κ1) is 13.3. The molecule has 0 saturated carbocycles. The second-order valence-corrected chi connectivity index (χ2v) is 5.67. The van der Waals surface area contributed by atoms with Crippen LogP contribution in [0.25, 0.3) is 10.9 Å². The number of hydrogen-bond donors (Lipinski definition) is 1. The third-order valence-corrected chi connectivity index (χ3v) is 3.81. The molecule has 102 valence electrons. The zero-order valence-electron chi connectivity index (χ0n) is 11.1. The zero-order valence-corrected chi connectivity index (χ0v) is 12.7. The van der Waals surface area contributed by atoms with Gasteiger partial charge in [0, 0.05) is 48.2 Å². The molecule has 0 atom stereocenters. The van der Waals surface area contributed by atoms with Gasteiger partial charge in [0.15, 0.2) is 0 Å². The molecule has 0 bridgehead atoms. The fraction of sp³-hybridized carbons (Fsp3) is 0.188. The summed E-state index contributed by atoms with van der Waals surface area (Å²) in [5.74, 6) is 0. The number of fused-ring (bicyclic) bond motifs is 1. The maximum atomic E-state index is 4.11. The van der Waals surface area contributed by atoms with Crippen LogP contribution in [0.2, 0.25) is 0 Å². The van der Waals surface area contributed by atoms with Crippen LogP contribution in [0.1, 0.15) is 5.56 Å². The van der Waals surface area contributed by atoms with E-state index in [-0.39, 0.29) is 0 Å². The van der Waals surface area contributed by atoms with Crippen LogP contribution in [0.5, 0.6) is 0 Å². The number of rotatable bonds is 5. The topological polar surface area (TPSA) is 29.9 Å². The highest BCUT2D eigenvalue weighted by atomic mass is 79.9. The number of hydrogen-bond acceptors (Lipinski definition) is 2. The molecule has 3 aromatic rings. The van der Waals surface area contributed by atoms with Gasteiger partial charge < -0.3 is 9.88 Å². The summed E-state index contributed by atoms with van der Waals surface area (Å²) in [5, 5.41) is 4.72. The van der Waals surface area contributed by atoms with E-state index in [1.807, 2.05) is 12.3 Å². The molecule has 1 N–H and O–H groups in total. The first-order valence-electron chi connectivity index (χ1n) is 6.67. The van der Waals surface area contributed by atoms with Gasteiger partial charge >= 0.3 is 0 Å². The molecule has 0 aliphatic rings. The van der Waals surface area contributed by atoms with E-state index in [1.54, 1.807) is 6.20 Å². The van der Waals surface area contributed by atoms with Crippen LogP contribution in [-0.2, 0) is 13.1 Å². The van der Waals surface area contributed by atoms with Gasteiger partial charge in [0.25, 0.3) is 0 Å². The van der Waals surface area contributed by atoms with Crippen LogP contribution >= 0.6 is 15.9 Å². The molecule has 0 radical (unpaired) electrons. The lowest BCUT2D eigenvalue weighted by atomic mass is 10.2. The molecule has 0 unspecified atom stereocenters. The van der Waals surface area contributed by atoms with Gasteiger partial charge in [-0.2, -0.15) is 0 Å². The van der Waals surface area contributed by atoms with Gasteiger partial charge in [-0.1, -0.05) is 28.1 Å². The Morgan fingerprint density at radius 3 is 3.00 bits per heavy atom. The van der Waals surface area contributed by atoms with Crippen molar-refractivity contribution in [2.45, 2.75) is 13.1 Å². The van der Waals surface area contributed by atoms with E-state index < -0.39 is 0 Å². The van der Waals surface area contributed by atoms with Crippen molar-refractivity contribution in [1.82, 2.24) is 14.9 Å². The van der Waals surface area contributed by atoms with Crippen LogP contribution in [0.15, 0.2) is 59.5 Å². The van der Waals surface area contributed by atoms with Crippen LogP contribution in [0.3, 0.4) is 0 Å². The second kappa shape index (κ2) is 6.20. The Balaban J connectivity index is 1.59. The van der Waals surface area contributed by atoms with Crippen molar-refractivity contribution in [2.24, 2.45) is 0 Å². The predicted octanol–water partition coefficient (Wildman–Crippen LogP) is 3.59. The summed E-state index contributed by atoms with van der Waals surface area (Å²) < 4.78 is 3.39. The van der Waals surface area contributed by atoms with Crippen molar-refractivity contribution in [1.29, 1.82) is 0 Å². The highest BCUT2D eigenvalue weighted by molar-refractivity contribution is 9.10. The molecule has 0 spiro atoms. The van der Waals surface area contributed by atoms with E-state index in [4.69, 9.17) is 0 Å². The van der Waals surface area contributed by atoms with Gasteiger partial charge in [-0.15, -0.1) is 0 Å². The van der Waals surface area contributed by atoms with Gasteiger partial charge in [0.05, 0.1) is 0 Å². The number of benzene rings is 1. The highest BCUT2D eigenvalue weighted by Crippen LogP contribution is 2.20. The summed E-state index contributed by atoms with van der Waals surface area (Å²) in [6.45, 7) is 2.75. The van der Waals surface area contributed by atoms with E-state index in [9.17, 15) is 0 Å². The summed E-state index contributed by atoms with van der Waals surface area (Å²) in [6, 6.07) is 12.6. The lowest BCUT2D eigenvalue weighted by Gasteiger charge is -2.07. The number of aromatic nitrogens is 2. The largest absolute Gasteiger partial charge is 0.346 e. The molecule has 20 heavy (non-hydrogen) atoms. The Labute approximate surface area is 126 Å². The van der Waals surface area contributed by atoms with E-state index in [1.165, 1.54) is 16.5 Å². The van der Waals surface area contributed by atoms with Crippen LogP contribution in [0.4, 0.5) is 0 Å². The summed E-state index contributed by atoms with van der Waals surface area (Å²) >= 11 is 3.53. The number of nitrogens with zero attached hydrogens (tertiary/aromatic N) is 2. The summed E-state index contributed by atoms with van der Waals surface area (Å²) in [7, 11) is 0. The molecule has 0 amide bonds. The first-order chi connectivity index (χ1) is 9.83. The Morgan fingerprint density at radius 2 is 2.15 bits per heavy atom. The summed E-state index contributed by atoms with van der Waals surface area (Å²) in [6.07, 6.45) is 5.84. The molecule has 2 heterocycles. The van der Waals surface area contributed by atoms with Crippen molar-refractivity contribution in [3.05, 3.63) is 65.0 Å². The maximum Gasteiger partial charge on any atom is 0.0492 e. The minimum Gasteiger partial charge on any atom is -0.346 e. The van der Waals surface area contributed by atoms with Crippen LogP contribution in [0, 0.1) is 0 Å². The van der Waals surface area contributed by atoms with Gasteiger partial charge in [-0.3, -0.25) is 4.98 Å². The smallest absolute Gasteiger partial charge is 0.0492 e. The summed E-state index contributed by atoms with van der Waals surface area (Å²) in [4.78, 5) is 4.11. The fourth-order valence-corrected chi connectivity index (χ4v) is 2.64. The molecule has 4 heteroatoms. The first-order valence-corrected chi connectivity index (χ1v) is 7.46. The second-order valence-electron chi connectivity index (χ2n) is 4.75. The third-order valence-electron chi connectivity index (χ3n) is 3.32. The number of pyridine rings is 1. The Morgan fingerprint density at radius 1 is 1.20 bits per heavy atom. The SMILES string of the molecule is Brc1ccc2ccn(CCNCc3cccnc3)c2c1. The molecule has 2 aromatic heterocycles. The minimum atomic E-state index is 0.858. The van der Waals surface area contributed by atoms with Crippen molar-refractivity contribution < 1.29 is 0 Å². The normalized spacial score (nSPS) is 11.1.